The van der Waals surface area contributed by atoms with E-state index in [2.05, 4.69) is 4.74 Å². The summed E-state index contributed by atoms with van der Waals surface area (Å²) in [6, 6.07) is 0. The molecular formula is C8H11KO4. The zero-order valence-corrected chi connectivity index (χ0v) is 11.5. The van der Waals surface area contributed by atoms with Crippen molar-refractivity contribution in [3.8, 4) is 0 Å². The molecule has 0 spiro atoms. The summed E-state index contributed by atoms with van der Waals surface area (Å²) in [7, 11) is 1.25. The van der Waals surface area contributed by atoms with Gasteiger partial charge in [-0.1, -0.05) is 6.92 Å². The SMILES string of the molecule is COC(=O)C1(C)CC1(C)C(=O)[O-].[K+]. The Labute approximate surface area is 119 Å². The van der Waals surface area contributed by atoms with Gasteiger partial charge in [-0.25, -0.2) is 0 Å². The first-order chi connectivity index (χ1) is 5.38. The van der Waals surface area contributed by atoms with E-state index in [-0.39, 0.29) is 51.4 Å². The quantitative estimate of drug-likeness (QED) is 0.348. The second-order valence-corrected chi connectivity index (χ2v) is 3.62. The van der Waals surface area contributed by atoms with Crippen molar-refractivity contribution in [2.24, 2.45) is 10.8 Å². The van der Waals surface area contributed by atoms with Crippen molar-refractivity contribution in [1.82, 2.24) is 0 Å². The second-order valence-electron chi connectivity index (χ2n) is 3.62. The number of carboxylic acids is 1. The van der Waals surface area contributed by atoms with Gasteiger partial charge < -0.3 is 14.6 Å². The Morgan fingerprint density at radius 3 is 2.00 bits per heavy atom. The first kappa shape index (κ1) is 13.6. The summed E-state index contributed by atoms with van der Waals surface area (Å²) in [4.78, 5) is 21.7. The number of methoxy groups -OCH3 is 1. The topological polar surface area (TPSA) is 66.4 Å². The van der Waals surface area contributed by atoms with E-state index < -0.39 is 22.8 Å². The molecule has 0 aromatic rings. The van der Waals surface area contributed by atoms with Gasteiger partial charge in [0, 0.05) is 11.4 Å². The zero-order chi connectivity index (χ0) is 9.57. The minimum atomic E-state index is -1.18. The molecule has 1 rings (SSSR count). The van der Waals surface area contributed by atoms with Gasteiger partial charge in [-0.3, -0.25) is 4.79 Å². The summed E-state index contributed by atoms with van der Waals surface area (Å²) in [5, 5.41) is 10.6. The molecule has 1 aliphatic carbocycles. The molecule has 0 aliphatic heterocycles. The molecule has 1 fully saturated rings. The minimum absolute atomic E-state index is 0. The Bertz CT molecular complexity index is 253. The van der Waals surface area contributed by atoms with Crippen LogP contribution < -0.4 is 56.5 Å². The monoisotopic (exact) mass is 210 g/mol. The van der Waals surface area contributed by atoms with Gasteiger partial charge in [0.2, 0.25) is 0 Å². The molecule has 0 amide bonds. The van der Waals surface area contributed by atoms with Crippen molar-refractivity contribution in [3.63, 3.8) is 0 Å². The molecule has 0 aromatic carbocycles. The third kappa shape index (κ3) is 1.85. The van der Waals surface area contributed by atoms with Gasteiger partial charge in [0.15, 0.2) is 0 Å². The molecule has 0 saturated heterocycles. The maximum Gasteiger partial charge on any atom is 1.00 e. The third-order valence-electron chi connectivity index (χ3n) is 2.89. The number of hydrogen-bond donors (Lipinski definition) is 0. The van der Waals surface area contributed by atoms with E-state index in [1.807, 2.05) is 0 Å². The van der Waals surface area contributed by atoms with Crippen LogP contribution in [0.5, 0.6) is 0 Å². The first-order valence-corrected chi connectivity index (χ1v) is 3.68. The van der Waals surface area contributed by atoms with Crippen LogP contribution in [0.1, 0.15) is 20.3 Å². The molecule has 0 heterocycles. The summed E-state index contributed by atoms with van der Waals surface area (Å²) < 4.78 is 4.49. The number of carbonyl (C=O) groups is 2. The van der Waals surface area contributed by atoms with E-state index in [9.17, 15) is 14.7 Å². The van der Waals surface area contributed by atoms with E-state index in [1.54, 1.807) is 6.92 Å². The summed E-state index contributed by atoms with van der Waals surface area (Å²) in [5.74, 6) is -1.66. The fourth-order valence-electron chi connectivity index (χ4n) is 1.48. The van der Waals surface area contributed by atoms with Crippen molar-refractivity contribution >= 4 is 11.9 Å². The third-order valence-corrected chi connectivity index (χ3v) is 2.89. The van der Waals surface area contributed by atoms with Crippen LogP contribution in [0.3, 0.4) is 0 Å². The molecule has 4 nitrogen and oxygen atoms in total. The fourth-order valence-corrected chi connectivity index (χ4v) is 1.48. The van der Waals surface area contributed by atoms with Crippen LogP contribution in [0.15, 0.2) is 0 Å². The number of rotatable bonds is 2. The molecular weight excluding hydrogens is 199 g/mol. The van der Waals surface area contributed by atoms with E-state index in [0.717, 1.165) is 0 Å². The largest absolute Gasteiger partial charge is 1.00 e. The van der Waals surface area contributed by atoms with Crippen molar-refractivity contribution in [2.45, 2.75) is 20.3 Å². The van der Waals surface area contributed by atoms with Crippen molar-refractivity contribution in [2.75, 3.05) is 7.11 Å². The molecule has 2 atom stereocenters. The normalized spacial score (nSPS) is 35.9. The molecule has 5 heteroatoms. The van der Waals surface area contributed by atoms with Gasteiger partial charge in [0.05, 0.1) is 12.5 Å². The first-order valence-electron chi connectivity index (χ1n) is 3.68. The van der Waals surface area contributed by atoms with Crippen LogP contribution in [0.4, 0.5) is 0 Å². The Hall–Kier alpha value is 0.576. The van der Waals surface area contributed by atoms with E-state index in [1.165, 1.54) is 14.0 Å². The molecule has 1 saturated carbocycles. The van der Waals surface area contributed by atoms with Gasteiger partial charge >= 0.3 is 57.4 Å². The second kappa shape index (κ2) is 3.98. The average Bonchev–Trinajstić information content (AvgIpc) is 2.56. The predicted molar refractivity (Wildman–Crippen MR) is 37.9 cm³/mol. The van der Waals surface area contributed by atoms with Crippen LogP contribution in [-0.2, 0) is 14.3 Å². The molecule has 0 radical (unpaired) electrons. The number of hydrogen-bond acceptors (Lipinski definition) is 4. The number of carboxylic acid groups (broad SMARTS) is 1. The Kier molecular flexibility index (Phi) is 4.16. The van der Waals surface area contributed by atoms with E-state index >= 15 is 0 Å². The summed E-state index contributed by atoms with van der Waals surface area (Å²) in [6.07, 6.45) is 0.301. The minimum Gasteiger partial charge on any atom is -0.550 e. The van der Waals surface area contributed by atoms with Gasteiger partial charge in [0.1, 0.15) is 0 Å². The molecule has 0 aromatic heterocycles. The van der Waals surface area contributed by atoms with Gasteiger partial charge in [0.25, 0.3) is 0 Å². The summed E-state index contributed by atoms with van der Waals surface area (Å²) in [5.41, 5.74) is -1.93. The Morgan fingerprint density at radius 1 is 1.31 bits per heavy atom. The molecule has 13 heavy (non-hydrogen) atoms. The van der Waals surface area contributed by atoms with Crippen LogP contribution in [0.2, 0.25) is 0 Å². The van der Waals surface area contributed by atoms with Crippen molar-refractivity contribution in [3.05, 3.63) is 0 Å². The maximum absolute atomic E-state index is 11.1. The average molecular weight is 210 g/mol. The van der Waals surface area contributed by atoms with Crippen LogP contribution in [0, 0.1) is 10.8 Å². The molecule has 2 unspecified atom stereocenters. The van der Waals surface area contributed by atoms with Gasteiger partial charge in [-0.05, 0) is 13.3 Å². The Morgan fingerprint density at radius 2 is 1.77 bits per heavy atom. The van der Waals surface area contributed by atoms with Crippen LogP contribution >= 0.6 is 0 Å². The van der Waals surface area contributed by atoms with E-state index in [0.29, 0.717) is 6.42 Å². The summed E-state index contributed by atoms with van der Waals surface area (Å²) >= 11 is 0. The summed E-state index contributed by atoms with van der Waals surface area (Å²) in [6.45, 7) is 3.08. The van der Waals surface area contributed by atoms with Crippen LogP contribution in [0.25, 0.3) is 0 Å². The van der Waals surface area contributed by atoms with Crippen molar-refractivity contribution in [1.29, 1.82) is 0 Å². The van der Waals surface area contributed by atoms with Gasteiger partial charge in [-0.2, -0.15) is 0 Å². The maximum atomic E-state index is 11.1. The Balaban J connectivity index is 0.00000144. The number of carbonyl (C=O) groups excluding carboxylic acids is 2. The van der Waals surface area contributed by atoms with Crippen molar-refractivity contribution < 1.29 is 70.8 Å². The van der Waals surface area contributed by atoms with Gasteiger partial charge in [-0.15, -0.1) is 0 Å². The predicted octanol–water partition coefficient (Wildman–Crippen LogP) is -3.67. The zero-order valence-electron chi connectivity index (χ0n) is 8.34. The molecule has 0 bridgehead atoms. The fraction of sp³-hybridized carbons (Fsp3) is 0.750. The molecule has 0 N–H and O–H groups in total. The number of aliphatic carboxylic acids is 1. The molecule has 1 aliphatic rings. The van der Waals surface area contributed by atoms with Crippen LogP contribution in [-0.4, -0.2) is 19.0 Å². The number of esters is 1. The van der Waals surface area contributed by atoms with E-state index in [4.69, 9.17) is 0 Å². The number of ether oxygens (including phenoxy) is 1. The standard InChI is InChI=1S/C8H12O4.K/c1-7(5(9)10)4-8(7,2)6(11)12-3;/h4H2,1-3H3,(H,9,10);/q;+1/p-1. The smallest absolute Gasteiger partial charge is 0.550 e. The molecule has 68 valence electrons.